The second-order valence-electron chi connectivity index (χ2n) is 5.61. The smallest absolute Gasteiger partial charge is 0.222 e. The molecular formula is C14H20ClNO3. The van der Waals surface area contributed by atoms with Gasteiger partial charge in [-0.1, -0.05) is 23.7 Å². The van der Waals surface area contributed by atoms with Crippen LogP contribution in [0, 0.1) is 0 Å². The quantitative estimate of drug-likeness (QED) is 0.815. The number of ether oxygens (including phenoxy) is 1. The lowest BCUT2D eigenvalue weighted by Crippen LogP contribution is -2.44. The highest BCUT2D eigenvalue weighted by molar-refractivity contribution is 6.30. The van der Waals surface area contributed by atoms with Gasteiger partial charge in [-0.15, -0.1) is 0 Å². The van der Waals surface area contributed by atoms with E-state index < -0.39 is 17.3 Å². The lowest BCUT2D eigenvalue weighted by Gasteiger charge is -2.34. The van der Waals surface area contributed by atoms with Crippen molar-refractivity contribution in [2.45, 2.75) is 45.0 Å². The van der Waals surface area contributed by atoms with E-state index in [-0.39, 0.29) is 12.8 Å². The van der Waals surface area contributed by atoms with Crippen LogP contribution < -0.4 is 5.73 Å². The molecular weight excluding hydrogens is 266 g/mol. The number of carbonyl (C=O) groups excluding carboxylic acids is 1. The molecule has 1 aromatic carbocycles. The number of benzene rings is 1. The van der Waals surface area contributed by atoms with Crippen LogP contribution in [0.2, 0.25) is 5.02 Å². The van der Waals surface area contributed by atoms with Crippen molar-refractivity contribution in [3.05, 3.63) is 34.9 Å². The maximum absolute atomic E-state index is 11.1. The molecule has 1 rings (SSSR count). The number of halogens is 1. The van der Waals surface area contributed by atoms with Gasteiger partial charge in [0.15, 0.2) is 5.79 Å². The van der Waals surface area contributed by atoms with Crippen molar-refractivity contribution < 1.29 is 14.6 Å². The predicted molar refractivity (Wildman–Crippen MR) is 74.8 cm³/mol. The molecule has 106 valence electrons. The van der Waals surface area contributed by atoms with Gasteiger partial charge in [0.05, 0.1) is 12.0 Å². The van der Waals surface area contributed by atoms with Crippen LogP contribution in [-0.2, 0) is 16.0 Å². The van der Waals surface area contributed by atoms with Crippen LogP contribution in [-0.4, -0.2) is 22.4 Å². The van der Waals surface area contributed by atoms with Gasteiger partial charge in [0, 0.05) is 11.4 Å². The van der Waals surface area contributed by atoms with Crippen molar-refractivity contribution in [1.29, 1.82) is 0 Å². The molecule has 19 heavy (non-hydrogen) atoms. The summed E-state index contributed by atoms with van der Waals surface area (Å²) < 4.78 is 5.59. The normalized spacial score (nSPS) is 15.0. The molecule has 4 nitrogen and oxygen atoms in total. The van der Waals surface area contributed by atoms with Crippen molar-refractivity contribution in [3.8, 4) is 0 Å². The van der Waals surface area contributed by atoms with Gasteiger partial charge in [-0.05, 0) is 38.5 Å². The van der Waals surface area contributed by atoms with Crippen LogP contribution in [0.3, 0.4) is 0 Å². The Hall–Kier alpha value is -1.10. The van der Waals surface area contributed by atoms with Crippen molar-refractivity contribution in [1.82, 2.24) is 0 Å². The first kappa shape index (κ1) is 16.0. The molecule has 0 aliphatic carbocycles. The lowest BCUT2D eigenvalue weighted by molar-refractivity contribution is -0.251. The zero-order valence-electron chi connectivity index (χ0n) is 11.4. The molecule has 5 heteroatoms. The molecule has 0 aliphatic rings. The monoisotopic (exact) mass is 285 g/mol. The first-order valence-corrected chi connectivity index (χ1v) is 6.43. The Morgan fingerprint density at radius 2 is 1.84 bits per heavy atom. The third kappa shape index (κ3) is 6.05. The molecule has 0 bridgehead atoms. The molecule has 0 spiro atoms. The fourth-order valence-electron chi connectivity index (χ4n) is 1.90. The van der Waals surface area contributed by atoms with Crippen LogP contribution in [0.5, 0.6) is 0 Å². The Balaban J connectivity index is 2.90. The summed E-state index contributed by atoms with van der Waals surface area (Å²) in [4.78, 5) is 11.1. The van der Waals surface area contributed by atoms with Crippen molar-refractivity contribution >= 4 is 17.5 Å². The number of hydrogen-bond donors (Lipinski definition) is 2. The van der Waals surface area contributed by atoms with Gasteiger partial charge in [0.1, 0.15) is 0 Å². The first-order chi connectivity index (χ1) is 8.60. The molecule has 0 fully saturated rings. The Kier molecular flexibility index (Phi) is 4.96. The Bertz CT molecular complexity index is 439. The number of rotatable bonds is 5. The summed E-state index contributed by atoms with van der Waals surface area (Å²) >= 11 is 5.81. The summed E-state index contributed by atoms with van der Waals surface area (Å²) in [7, 11) is 0. The largest absolute Gasteiger partial charge is 0.370 e. The topological polar surface area (TPSA) is 72.6 Å². The maximum atomic E-state index is 11.1. The standard InChI is InChI=1S/C14H20ClNO3/c1-13(2,3)19-14(18,9-12(16)17)8-10-4-6-11(15)7-5-10/h4-7,18H,8-9H2,1-3H3,(H2,16,17). The predicted octanol–water partition coefficient (Wildman–Crippen LogP) is 2.26. The molecule has 3 N–H and O–H groups in total. The fourth-order valence-corrected chi connectivity index (χ4v) is 2.02. The maximum Gasteiger partial charge on any atom is 0.222 e. The van der Waals surface area contributed by atoms with E-state index in [1.807, 2.05) is 0 Å². The fraction of sp³-hybridized carbons (Fsp3) is 0.500. The SMILES string of the molecule is CC(C)(C)OC(O)(CC(N)=O)Cc1ccc(Cl)cc1. The highest BCUT2D eigenvalue weighted by atomic mass is 35.5. The first-order valence-electron chi connectivity index (χ1n) is 6.05. The minimum atomic E-state index is -1.61. The Morgan fingerprint density at radius 3 is 2.26 bits per heavy atom. The number of aliphatic hydroxyl groups is 1. The highest BCUT2D eigenvalue weighted by Crippen LogP contribution is 2.26. The Morgan fingerprint density at radius 1 is 1.32 bits per heavy atom. The highest BCUT2D eigenvalue weighted by Gasteiger charge is 2.35. The summed E-state index contributed by atoms with van der Waals surface area (Å²) in [5, 5.41) is 11.1. The van der Waals surface area contributed by atoms with Crippen LogP contribution in [0.1, 0.15) is 32.8 Å². The average Bonchev–Trinajstić information content (AvgIpc) is 2.16. The summed E-state index contributed by atoms with van der Waals surface area (Å²) in [6.45, 7) is 5.42. The van der Waals surface area contributed by atoms with Gasteiger partial charge in [-0.2, -0.15) is 0 Å². The van der Waals surface area contributed by atoms with E-state index in [1.54, 1.807) is 45.0 Å². The molecule has 0 saturated heterocycles. The zero-order chi connectivity index (χ0) is 14.7. The van der Waals surface area contributed by atoms with Gasteiger partial charge in [0.25, 0.3) is 0 Å². The molecule has 0 saturated carbocycles. The van der Waals surface area contributed by atoms with E-state index in [9.17, 15) is 9.90 Å². The molecule has 1 amide bonds. The molecule has 1 unspecified atom stereocenters. The van der Waals surface area contributed by atoms with Crippen LogP contribution in [0.15, 0.2) is 24.3 Å². The van der Waals surface area contributed by atoms with E-state index in [1.165, 1.54) is 0 Å². The summed E-state index contributed by atoms with van der Waals surface area (Å²) in [5.41, 5.74) is 5.41. The summed E-state index contributed by atoms with van der Waals surface area (Å²) in [5.74, 6) is -2.22. The summed E-state index contributed by atoms with van der Waals surface area (Å²) in [6.07, 6.45) is -0.0860. The van der Waals surface area contributed by atoms with E-state index in [2.05, 4.69) is 0 Å². The van der Waals surface area contributed by atoms with E-state index in [0.29, 0.717) is 5.02 Å². The number of primary amides is 1. The molecule has 0 heterocycles. The van der Waals surface area contributed by atoms with Crippen molar-refractivity contribution in [3.63, 3.8) is 0 Å². The minimum absolute atomic E-state index is 0.171. The second-order valence-corrected chi connectivity index (χ2v) is 6.04. The van der Waals surface area contributed by atoms with E-state index >= 15 is 0 Å². The van der Waals surface area contributed by atoms with Gasteiger partial charge in [-0.3, -0.25) is 4.79 Å². The van der Waals surface area contributed by atoms with Gasteiger partial charge in [-0.25, -0.2) is 0 Å². The van der Waals surface area contributed by atoms with E-state index in [4.69, 9.17) is 22.1 Å². The van der Waals surface area contributed by atoms with Crippen LogP contribution >= 0.6 is 11.6 Å². The number of hydrogen-bond acceptors (Lipinski definition) is 3. The van der Waals surface area contributed by atoms with Gasteiger partial charge >= 0.3 is 0 Å². The number of amides is 1. The number of carbonyl (C=O) groups is 1. The molecule has 0 aliphatic heterocycles. The average molecular weight is 286 g/mol. The van der Waals surface area contributed by atoms with Gasteiger partial charge < -0.3 is 15.6 Å². The van der Waals surface area contributed by atoms with Crippen molar-refractivity contribution in [2.75, 3.05) is 0 Å². The van der Waals surface area contributed by atoms with E-state index in [0.717, 1.165) is 5.56 Å². The van der Waals surface area contributed by atoms with Crippen LogP contribution in [0.4, 0.5) is 0 Å². The molecule has 0 aromatic heterocycles. The third-order valence-corrected chi connectivity index (χ3v) is 2.59. The molecule has 1 aromatic rings. The molecule has 1 atom stereocenters. The zero-order valence-corrected chi connectivity index (χ0v) is 12.2. The summed E-state index contributed by atoms with van der Waals surface area (Å²) in [6, 6.07) is 7.00. The Labute approximate surface area is 118 Å². The van der Waals surface area contributed by atoms with Crippen LogP contribution in [0.25, 0.3) is 0 Å². The number of nitrogens with two attached hydrogens (primary N) is 1. The lowest BCUT2D eigenvalue weighted by atomic mass is 10.0. The third-order valence-electron chi connectivity index (χ3n) is 2.34. The minimum Gasteiger partial charge on any atom is -0.370 e. The van der Waals surface area contributed by atoms with Crippen molar-refractivity contribution in [2.24, 2.45) is 5.73 Å². The second kappa shape index (κ2) is 5.90. The molecule has 0 radical (unpaired) electrons. The van der Waals surface area contributed by atoms with Gasteiger partial charge in [0.2, 0.25) is 5.91 Å².